The molecule has 2 N–H and O–H groups in total. The van der Waals surface area contributed by atoms with Crippen molar-refractivity contribution in [3.05, 3.63) is 11.5 Å². The van der Waals surface area contributed by atoms with Crippen LogP contribution in [-0.2, 0) is 9.84 Å². The first-order valence-corrected chi connectivity index (χ1v) is 6.58. The van der Waals surface area contributed by atoms with Crippen molar-refractivity contribution >= 4 is 9.84 Å². The van der Waals surface area contributed by atoms with E-state index < -0.39 is 9.84 Å². The van der Waals surface area contributed by atoms with Gasteiger partial charge in [0.05, 0.1) is 0 Å². The molecule has 1 atom stereocenters. The minimum Gasteiger partial charge on any atom is -0.324 e. The summed E-state index contributed by atoms with van der Waals surface area (Å²) in [5, 5.41) is 1.22. The Hall–Kier alpha value is -0.350. The van der Waals surface area contributed by atoms with Crippen LogP contribution in [0.5, 0.6) is 0 Å². The molecule has 0 spiro atoms. The fourth-order valence-corrected chi connectivity index (χ4v) is 2.20. The molecule has 0 bridgehead atoms. The highest BCUT2D eigenvalue weighted by atomic mass is 32.2. The zero-order valence-corrected chi connectivity index (χ0v) is 8.76. The van der Waals surface area contributed by atoms with Gasteiger partial charge in [-0.2, -0.15) is 0 Å². The van der Waals surface area contributed by atoms with Gasteiger partial charge in [-0.15, -0.1) is 0 Å². The van der Waals surface area contributed by atoms with Gasteiger partial charge in [-0.1, -0.05) is 18.9 Å². The highest BCUT2D eigenvalue weighted by Gasteiger charge is 2.19. The quantitative estimate of drug-likeness (QED) is 0.746. The molecule has 0 aliphatic heterocycles. The highest BCUT2D eigenvalue weighted by Crippen LogP contribution is 2.27. The lowest BCUT2D eigenvalue weighted by atomic mass is 9.99. The number of hydrogen-bond acceptors (Lipinski definition) is 3. The van der Waals surface area contributed by atoms with E-state index in [0.29, 0.717) is 5.92 Å². The molecule has 4 heteroatoms. The van der Waals surface area contributed by atoms with Gasteiger partial charge in [0.2, 0.25) is 0 Å². The van der Waals surface area contributed by atoms with Crippen molar-refractivity contribution in [3.63, 3.8) is 0 Å². The molecule has 0 heterocycles. The van der Waals surface area contributed by atoms with Crippen molar-refractivity contribution < 1.29 is 8.42 Å². The zero-order valence-electron chi connectivity index (χ0n) is 7.94. The number of nitrogens with two attached hydrogens (primary N) is 1. The summed E-state index contributed by atoms with van der Waals surface area (Å²) in [6, 6.07) is -0.0859. The predicted molar refractivity (Wildman–Crippen MR) is 53.9 cm³/mol. The van der Waals surface area contributed by atoms with E-state index in [1.165, 1.54) is 24.5 Å². The smallest absolute Gasteiger partial charge is 0.168 e. The van der Waals surface area contributed by atoms with E-state index in [9.17, 15) is 8.42 Å². The maximum Gasteiger partial charge on any atom is 0.168 e. The Morgan fingerprint density at radius 1 is 1.38 bits per heavy atom. The third-order valence-electron chi connectivity index (χ3n) is 2.49. The summed E-state index contributed by atoms with van der Waals surface area (Å²) in [6.45, 7) is 0. The molecule has 13 heavy (non-hydrogen) atoms. The molecule has 0 aromatic heterocycles. The van der Waals surface area contributed by atoms with Gasteiger partial charge in [-0.05, 0) is 18.8 Å². The van der Waals surface area contributed by atoms with E-state index in [1.807, 2.05) is 0 Å². The summed E-state index contributed by atoms with van der Waals surface area (Å²) < 4.78 is 21.6. The van der Waals surface area contributed by atoms with Crippen molar-refractivity contribution in [2.24, 2.45) is 11.7 Å². The molecule has 0 aromatic carbocycles. The van der Waals surface area contributed by atoms with Crippen LogP contribution in [0.4, 0.5) is 0 Å². The normalized spacial score (nSPS) is 22.6. The third kappa shape index (κ3) is 3.91. The Balaban J connectivity index is 2.49. The van der Waals surface area contributed by atoms with E-state index in [4.69, 9.17) is 5.73 Å². The minimum atomic E-state index is -3.01. The fraction of sp³-hybridized carbons (Fsp3) is 0.778. The zero-order chi connectivity index (χ0) is 9.90. The molecule has 76 valence electrons. The molecule has 1 fully saturated rings. The molecule has 1 aliphatic carbocycles. The lowest BCUT2D eigenvalue weighted by molar-refractivity contribution is 0.490. The SMILES string of the molecule is CS(=O)(=O)/C=C/[C@@H](N)C1CCCC1. The van der Waals surface area contributed by atoms with Gasteiger partial charge >= 0.3 is 0 Å². The molecule has 0 aromatic rings. The van der Waals surface area contributed by atoms with Crippen LogP contribution in [0.25, 0.3) is 0 Å². The van der Waals surface area contributed by atoms with Gasteiger partial charge in [-0.25, -0.2) is 8.42 Å². The molecule has 0 radical (unpaired) electrons. The molecule has 1 saturated carbocycles. The molecule has 0 saturated heterocycles. The topological polar surface area (TPSA) is 60.2 Å². The van der Waals surface area contributed by atoms with Gasteiger partial charge in [-0.3, -0.25) is 0 Å². The lowest BCUT2D eigenvalue weighted by Crippen LogP contribution is -2.25. The van der Waals surface area contributed by atoms with Gasteiger partial charge in [0, 0.05) is 17.7 Å². The number of sulfone groups is 1. The Morgan fingerprint density at radius 3 is 2.38 bits per heavy atom. The maximum atomic E-state index is 10.8. The van der Waals surface area contributed by atoms with E-state index in [1.54, 1.807) is 6.08 Å². The van der Waals surface area contributed by atoms with Crippen molar-refractivity contribution in [3.8, 4) is 0 Å². The summed E-state index contributed by atoms with van der Waals surface area (Å²) >= 11 is 0. The van der Waals surface area contributed by atoms with Crippen molar-refractivity contribution in [1.82, 2.24) is 0 Å². The summed E-state index contributed by atoms with van der Waals surface area (Å²) in [6.07, 6.45) is 7.52. The summed E-state index contributed by atoms with van der Waals surface area (Å²) in [5.74, 6) is 0.484. The van der Waals surface area contributed by atoms with Gasteiger partial charge < -0.3 is 5.73 Å². The van der Waals surface area contributed by atoms with Crippen LogP contribution in [0.2, 0.25) is 0 Å². The molecule has 3 nitrogen and oxygen atoms in total. The maximum absolute atomic E-state index is 10.8. The van der Waals surface area contributed by atoms with Crippen LogP contribution in [0, 0.1) is 5.92 Å². The van der Waals surface area contributed by atoms with Gasteiger partial charge in [0.1, 0.15) is 0 Å². The second-order valence-corrected chi connectivity index (χ2v) is 5.71. The van der Waals surface area contributed by atoms with Crippen LogP contribution in [0.15, 0.2) is 11.5 Å². The standard InChI is InChI=1S/C9H17NO2S/c1-13(11,12)7-6-9(10)8-4-2-3-5-8/h6-9H,2-5,10H2,1H3/b7-6+/t9-/m1/s1. The average molecular weight is 203 g/mol. The fourth-order valence-electron chi connectivity index (χ4n) is 1.73. The molecule has 1 aliphatic rings. The van der Waals surface area contributed by atoms with Crippen molar-refractivity contribution in [2.75, 3.05) is 6.26 Å². The van der Waals surface area contributed by atoms with E-state index in [0.717, 1.165) is 12.8 Å². The Kier molecular flexibility index (Phi) is 3.50. The lowest BCUT2D eigenvalue weighted by Gasteiger charge is -2.13. The molecule has 1 rings (SSSR count). The molecule has 0 amide bonds. The largest absolute Gasteiger partial charge is 0.324 e. The second-order valence-electron chi connectivity index (χ2n) is 3.78. The van der Waals surface area contributed by atoms with Crippen molar-refractivity contribution in [1.29, 1.82) is 0 Å². The summed E-state index contributed by atoms with van der Waals surface area (Å²) in [4.78, 5) is 0. The van der Waals surface area contributed by atoms with Crippen LogP contribution >= 0.6 is 0 Å². The third-order valence-corrected chi connectivity index (χ3v) is 3.14. The minimum absolute atomic E-state index is 0.0859. The van der Waals surface area contributed by atoms with E-state index >= 15 is 0 Å². The number of hydrogen-bond donors (Lipinski definition) is 1. The summed E-state index contributed by atoms with van der Waals surface area (Å²) in [7, 11) is -3.01. The first-order valence-electron chi connectivity index (χ1n) is 4.63. The molecular weight excluding hydrogens is 186 g/mol. The van der Waals surface area contributed by atoms with Crippen LogP contribution < -0.4 is 5.73 Å². The van der Waals surface area contributed by atoms with Gasteiger partial charge in [0.25, 0.3) is 0 Å². The van der Waals surface area contributed by atoms with E-state index in [2.05, 4.69) is 0 Å². The Morgan fingerprint density at radius 2 is 1.92 bits per heavy atom. The van der Waals surface area contributed by atoms with Crippen LogP contribution in [0.1, 0.15) is 25.7 Å². The first-order chi connectivity index (χ1) is 5.99. The monoisotopic (exact) mass is 203 g/mol. The number of rotatable bonds is 3. The highest BCUT2D eigenvalue weighted by molar-refractivity contribution is 7.93. The first kappa shape index (κ1) is 10.7. The van der Waals surface area contributed by atoms with Crippen LogP contribution in [-0.4, -0.2) is 20.7 Å². The second kappa shape index (κ2) is 4.24. The Labute approximate surface area is 79.9 Å². The average Bonchev–Trinajstić information content (AvgIpc) is 2.50. The predicted octanol–water partition coefficient (Wildman–Crippen LogP) is 1.06. The van der Waals surface area contributed by atoms with Gasteiger partial charge in [0.15, 0.2) is 9.84 Å². The molecule has 0 unspecified atom stereocenters. The Bertz CT molecular complexity index is 276. The van der Waals surface area contributed by atoms with E-state index in [-0.39, 0.29) is 6.04 Å². The summed E-state index contributed by atoms with van der Waals surface area (Å²) in [5.41, 5.74) is 5.83. The van der Waals surface area contributed by atoms with Crippen molar-refractivity contribution in [2.45, 2.75) is 31.7 Å². The van der Waals surface area contributed by atoms with Crippen LogP contribution in [0.3, 0.4) is 0 Å². The molecular formula is C9H17NO2S.